The summed E-state index contributed by atoms with van der Waals surface area (Å²) in [6.07, 6.45) is 3.99. The van der Waals surface area contributed by atoms with Crippen LogP contribution in [-0.4, -0.2) is 26.5 Å². The number of nitrogens with zero attached hydrogens (tertiary/aromatic N) is 1. The van der Waals surface area contributed by atoms with Crippen LogP contribution in [0.2, 0.25) is 0 Å². The molecule has 1 aliphatic carbocycles. The van der Waals surface area contributed by atoms with Crippen LogP contribution >= 0.6 is 15.9 Å². The van der Waals surface area contributed by atoms with Crippen LogP contribution in [0.15, 0.2) is 56.3 Å². The first-order chi connectivity index (χ1) is 9.92. The molecule has 0 saturated carbocycles. The largest absolute Gasteiger partial charge is 0.494 e. The quantitative estimate of drug-likeness (QED) is 0.764. The van der Waals surface area contributed by atoms with Gasteiger partial charge in [-0.3, -0.25) is 4.79 Å². The monoisotopic (exact) mass is 369 g/mol. The second-order valence-corrected chi connectivity index (χ2v) is 6.54. The van der Waals surface area contributed by atoms with Crippen molar-refractivity contribution in [3.8, 4) is 5.75 Å². The molecule has 0 bridgehead atoms. The Morgan fingerprint density at radius 2 is 1.86 bits per heavy atom. The van der Waals surface area contributed by atoms with Gasteiger partial charge in [-0.25, -0.2) is 0 Å². The van der Waals surface area contributed by atoms with Gasteiger partial charge < -0.3 is 4.74 Å². The van der Waals surface area contributed by atoms with E-state index in [0.29, 0.717) is 12.4 Å². The molecular weight excluding hydrogens is 358 g/mol. The van der Waals surface area contributed by atoms with E-state index in [4.69, 9.17) is 4.74 Å². The minimum absolute atomic E-state index is 0.0632. The number of ether oxygens (including phenoxy) is 1. The molecule has 0 atom stereocenters. The molecule has 110 valence electrons. The standard InChI is InChI=1S/C14H12BrNO4S/c1-2-20-11-4-6-12(7-5-11)21(18,19)16-10-3-8-14(17)13(15)9-10/h3-9H,2H2,1H3. The molecule has 0 spiro atoms. The molecule has 0 heterocycles. The Morgan fingerprint density at radius 3 is 2.43 bits per heavy atom. The molecule has 5 nitrogen and oxygen atoms in total. The van der Waals surface area contributed by atoms with E-state index < -0.39 is 10.0 Å². The third kappa shape index (κ3) is 3.89. The van der Waals surface area contributed by atoms with Gasteiger partial charge in [-0.15, -0.1) is 0 Å². The van der Waals surface area contributed by atoms with Crippen molar-refractivity contribution in [2.24, 2.45) is 4.40 Å². The summed E-state index contributed by atoms with van der Waals surface area (Å²) in [5, 5.41) is 0. The zero-order chi connectivity index (χ0) is 15.5. The zero-order valence-electron chi connectivity index (χ0n) is 11.1. The van der Waals surface area contributed by atoms with E-state index in [2.05, 4.69) is 20.3 Å². The Labute approximate surface area is 131 Å². The molecule has 0 aliphatic heterocycles. The third-order valence-corrected chi connectivity index (χ3v) is 4.51. The van der Waals surface area contributed by atoms with E-state index in [1.54, 1.807) is 12.1 Å². The average molecular weight is 370 g/mol. The molecule has 0 fully saturated rings. The average Bonchev–Trinajstić information content (AvgIpc) is 2.44. The number of allylic oxidation sites excluding steroid dienone is 4. The second kappa shape index (κ2) is 6.36. The van der Waals surface area contributed by atoms with E-state index in [1.165, 1.54) is 30.4 Å². The maximum atomic E-state index is 12.2. The Hall–Kier alpha value is -1.73. The summed E-state index contributed by atoms with van der Waals surface area (Å²) in [6.45, 7) is 2.35. The first-order valence-electron chi connectivity index (χ1n) is 6.10. The van der Waals surface area contributed by atoms with Gasteiger partial charge in [0, 0.05) is 0 Å². The third-order valence-electron chi connectivity index (χ3n) is 2.57. The van der Waals surface area contributed by atoms with Crippen LogP contribution in [0.1, 0.15) is 6.92 Å². The minimum atomic E-state index is -3.83. The second-order valence-electron chi connectivity index (χ2n) is 4.09. The molecule has 7 heteroatoms. The molecule has 2 rings (SSSR count). The summed E-state index contributed by atoms with van der Waals surface area (Å²) in [5.74, 6) is 0.363. The lowest BCUT2D eigenvalue weighted by atomic mass is 10.2. The summed E-state index contributed by atoms with van der Waals surface area (Å²) < 4.78 is 33.6. The highest BCUT2D eigenvalue weighted by Gasteiger charge is 2.16. The number of rotatable bonds is 4. The number of benzene rings is 1. The lowest BCUT2D eigenvalue weighted by Gasteiger charge is -2.05. The van der Waals surface area contributed by atoms with Crippen LogP contribution in [-0.2, 0) is 14.8 Å². The van der Waals surface area contributed by atoms with Gasteiger partial charge in [0.15, 0.2) is 5.78 Å². The first-order valence-corrected chi connectivity index (χ1v) is 8.33. The molecule has 0 N–H and O–H groups in total. The summed E-state index contributed by atoms with van der Waals surface area (Å²) in [7, 11) is -3.83. The minimum Gasteiger partial charge on any atom is -0.494 e. The number of sulfonamides is 1. The van der Waals surface area contributed by atoms with Crippen molar-refractivity contribution in [3.63, 3.8) is 0 Å². The molecule has 1 aliphatic rings. The Morgan fingerprint density at radius 1 is 1.19 bits per heavy atom. The first kappa shape index (κ1) is 15.7. The molecule has 0 aromatic heterocycles. The Bertz CT molecular complexity index is 746. The number of hydrogen-bond donors (Lipinski definition) is 0. The molecule has 1 aromatic rings. The van der Waals surface area contributed by atoms with Gasteiger partial charge in [-0.05, 0) is 65.3 Å². The summed E-state index contributed by atoms with van der Waals surface area (Å²) >= 11 is 3.05. The maximum absolute atomic E-state index is 12.2. The smallest absolute Gasteiger partial charge is 0.282 e. The number of carbonyl (C=O) groups excluding carboxylic acids is 1. The van der Waals surface area contributed by atoms with Gasteiger partial charge >= 0.3 is 0 Å². The van der Waals surface area contributed by atoms with Crippen LogP contribution in [0.3, 0.4) is 0 Å². The van der Waals surface area contributed by atoms with Crippen molar-refractivity contribution < 1.29 is 17.9 Å². The summed E-state index contributed by atoms with van der Waals surface area (Å²) in [6, 6.07) is 6.01. The van der Waals surface area contributed by atoms with E-state index >= 15 is 0 Å². The molecule has 1 aromatic carbocycles. The predicted octanol–water partition coefficient (Wildman–Crippen LogP) is 2.63. The number of halogens is 1. The van der Waals surface area contributed by atoms with Crippen molar-refractivity contribution >= 4 is 37.4 Å². The highest BCUT2D eigenvalue weighted by Crippen LogP contribution is 2.19. The van der Waals surface area contributed by atoms with Gasteiger partial charge in [0.1, 0.15) is 5.75 Å². The van der Waals surface area contributed by atoms with Crippen molar-refractivity contribution in [2.75, 3.05) is 6.61 Å². The van der Waals surface area contributed by atoms with Crippen LogP contribution in [0.5, 0.6) is 5.75 Å². The van der Waals surface area contributed by atoms with Crippen molar-refractivity contribution in [3.05, 3.63) is 47.0 Å². The van der Waals surface area contributed by atoms with Crippen LogP contribution in [0, 0.1) is 0 Å². The number of hydrogen-bond acceptors (Lipinski definition) is 4. The van der Waals surface area contributed by atoms with Crippen molar-refractivity contribution in [2.45, 2.75) is 11.8 Å². The van der Waals surface area contributed by atoms with Gasteiger partial charge in [0.2, 0.25) is 0 Å². The highest BCUT2D eigenvalue weighted by atomic mass is 79.9. The molecule has 0 unspecified atom stereocenters. The van der Waals surface area contributed by atoms with Crippen LogP contribution in [0.4, 0.5) is 0 Å². The van der Waals surface area contributed by atoms with E-state index in [1.807, 2.05) is 6.92 Å². The summed E-state index contributed by atoms with van der Waals surface area (Å²) in [5.41, 5.74) is 0.190. The van der Waals surface area contributed by atoms with Crippen LogP contribution in [0.25, 0.3) is 0 Å². The molecular formula is C14H12BrNO4S. The number of ketones is 1. The predicted molar refractivity (Wildman–Crippen MR) is 83.4 cm³/mol. The molecule has 0 amide bonds. The lowest BCUT2D eigenvalue weighted by molar-refractivity contribution is -0.110. The van der Waals surface area contributed by atoms with E-state index in [0.717, 1.165) is 0 Å². The van der Waals surface area contributed by atoms with Crippen LogP contribution < -0.4 is 4.74 Å². The van der Waals surface area contributed by atoms with Crippen molar-refractivity contribution in [1.82, 2.24) is 0 Å². The SMILES string of the molecule is CCOc1ccc(S(=O)(=O)N=C2C=CC(=O)C(Br)=C2)cc1. The van der Waals surface area contributed by atoms with Gasteiger partial charge in [0.05, 0.1) is 21.7 Å². The Kier molecular flexibility index (Phi) is 4.74. The van der Waals surface area contributed by atoms with Gasteiger partial charge in [-0.2, -0.15) is 12.8 Å². The Balaban J connectivity index is 2.30. The topological polar surface area (TPSA) is 72.8 Å². The van der Waals surface area contributed by atoms with E-state index in [-0.39, 0.29) is 20.9 Å². The fraction of sp³-hybridized carbons (Fsp3) is 0.143. The highest BCUT2D eigenvalue weighted by molar-refractivity contribution is 9.12. The number of carbonyl (C=O) groups is 1. The zero-order valence-corrected chi connectivity index (χ0v) is 13.5. The molecule has 21 heavy (non-hydrogen) atoms. The maximum Gasteiger partial charge on any atom is 0.282 e. The summed E-state index contributed by atoms with van der Waals surface area (Å²) in [4.78, 5) is 11.3. The lowest BCUT2D eigenvalue weighted by Crippen LogP contribution is -2.07. The van der Waals surface area contributed by atoms with Crippen molar-refractivity contribution in [1.29, 1.82) is 0 Å². The molecule has 0 saturated heterocycles. The molecule has 0 radical (unpaired) electrons. The fourth-order valence-corrected chi connectivity index (χ4v) is 2.96. The van der Waals surface area contributed by atoms with Gasteiger partial charge in [0.25, 0.3) is 10.0 Å². The van der Waals surface area contributed by atoms with Gasteiger partial charge in [-0.1, -0.05) is 0 Å². The normalized spacial score (nSPS) is 17.0. The fourth-order valence-electron chi connectivity index (χ4n) is 1.61. The van der Waals surface area contributed by atoms with E-state index in [9.17, 15) is 13.2 Å².